The number of nitrogens with two attached hydrogens (primary N) is 1. The Morgan fingerprint density at radius 1 is 1.18 bits per heavy atom. The average molecular weight is 655 g/mol. The van der Waals surface area contributed by atoms with Gasteiger partial charge in [0.1, 0.15) is 51.6 Å². The van der Waals surface area contributed by atoms with Gasteiger partial charge in [0.15, 0.2) is 6.54 Å². The second kappa shape index (κ2) is 10.6. The van der Waals surface area contributed by atoms with Crippen LogP contribution in [0.25, 0.3) is 0 Å². The van der Waals surface area contributed by atoms with Crippen LogP contribution in [0.1, 0.15) is 19.4 Å². The van der Waals surface area contributed by atoms with Gasteiger partial charge in [-0.2, -0.15) is 5.90 Å². The van der Waals surface area contributed by atoms with E-state index < -0.39 is 29.9 Å². The molecule has 1 aromatic rings. The minimum atomic E-state index is -1.42. The number of carboxylic acid groups (broad SMARTS) is 1. The van der Waals surface area contributed by atoms with E-state index in [1.54, 1.807) is 0 Å². The molecule has 5 heterocycles. The number of rotatable bonds is 10. The number of quaternary nitrogens is 2. The fourth-order valence-electron chi connectivity index (χ4n) is 6.98. The highest BCUT2D eigenvalue weighted by Gasteiger charge is 2.56. The minimum absolute atomic E-state index is 0.0117. The van der Waals surface area contributed by atoms with Crippen LogP contribution in [-0.4, -0.2) is 103 Å². The van der Waals surface area contributed by atoms with Crippen LogP contribution in [0.3, 0.4) is 0 Å². The summed E-state index contributed by atoms with van der Waals surface area (Å²) in [4.78, 5) is 41.8. The molecule has 4 saturated heterocycles. The molecule has 5 aliphatic rings. The SMILES string of the molecule is CC([O-])[C@H]1C(=O)N2C(C(=O)[O-])=C(COc3ccc(CC[N+]45CC[N+](CC(=O)ON)(CC4)CC5)cc3I)C(C)[C@H]12. The lowest BCUT2D eigenvalue weighted by atomic mass is 9.78. The zero-order valence-electron chi connectivity index (χ0n) is 22.3. The van der Waals surface area contributed by atoms with E-state index >= 15 is 0 Å². The highest BCUT2D eigenvalue weighted by molar-refractivity contribution is 14.1. The Kier molecular flexibility index (Phi) is 7.70. The van der Waals surface area contributed by atoms with Crippen molar-refractivity contribution in [1.82, 2.24) is 4.90 Å². The number of hydrogen-bond donors (Lipinski definition) is 1. The van der Waals surface area contributed by atoms with Gasteiger partial charge in [-0.1, -0.05) is 19.9 Å². The molecule has 0 aliphatic carbocycles. The van der Waals surface area contributed by atoms with Crippen molar-refractivity contribution in [3.8, 4) is 5.75 Å². The summed E-state index contributed by atoms with van der Waals surface area (Å²) in [6.07, 6.45) is -0.180. The van der Waals surface area contributed by atoms with Crippen LogP contribution in [0.2, 0.25) is 0 Å². The number of halogens is 1. The molecule has 2 N–H and O–H groups in total. The fraction of sp³-hybridized carbons (Fsp3) is 0.593. The van der Waals surface area contributed by atoms with Crippen LogP contribution in [0.4, 0.5) is 0 Å². The van der Waals surface area contributed by atoms with E-state index in [0.29, 0.717) is 17.9 Å². The first kappa shape index (κ1) is 28.3. The predicted octanol–water partition coefficient (Wildman–Crippen LogP) is -1.48. The minimum Gasteiger partial charge on any atom is -0.852 e. The van der Waals surface area contributed by atoms with Crippen LogP contribution >= 0.6 is 22.6 Å². The maximum Gasteiger partial charge on any atom is 0.380 e. The number of ether oxygens (including phenoxy) is 1. The summed E-state index contributed by atoms with van der Waals surface area (Å²) in [7, 11) is 0. The molecule has 5 aliphatic heterocycles. The summed E-state index contributed by atoms with van der Waals surface area (Å²) in [5, 5.41) is 23.9. The van der Waals surface area contributed by atoms with Gasteiger partial charge >= 0.3 is 5.97 Å². The largest absolute Gasteiger partial charge is 0.852 e. The normalized spacial score (nSPS) is 32.1. The first-order chi connectivity index (χ1) is 18.5. The summed E-state index contributed by atoms with van der Waals surface area (Å²) < 4.78 is 8.81. The molecule has 0 saturated carbocycles. The second-order valence-corrected chi connectivity index (χ2v) is 12.7. The van der Waals surface area contributed by atoms with Crippen LogP contribution in [-0.2, 0) is 25.6 Å². The lowest BCUT2D eigenvalue weighted by molar-refractivity contribution is -1.08. The van der Waals surface area contributed by atoms with Crippen molar-refractivity contribution in [2.24, 2.45) is 17.7 Å². The van der Waals surface area contributed by atoms with E-state index in [1.165, 1.54) is 17.4 Å². The molecule has 4 atom stereocenters. The number of fused-ring (bicyclic) bond motifs is 4. The van der Waals surface area contributed by atoms with Crippen molar-refractivity contribution in [2.45, 2.75) is 32.4 Å². The molecule has 2 bridgehead atoms. The van der Waals surface area contributed by atoms with Crippen molar-refractivity contribution in [2.75, 3.05) is 59.0 Å². The molecule has 12 heteroatoms. The van der Waals surface area contributed by atoms with E-state index in [2.05, 4.69) is 33.5 Å². The van der Waals surface area contributed by atoms with Crippen LogP contribution < -0.4 is 20.8 Å². The molecule has 212 valence electrons. The summed E-state index contributed by atoms with van der Waals surface area (Å²) >= 11 is 2.23. The van der Waals surface area contributed by atoms with Crippen molar-refractivity contribution >= 4 is 40.4 Å². The molecule has 2 unspecified atom stereocenters. The Morgan fingerprint density at radius 3 is 2.38 bits per heavy atom. The van der Waals surface area contributed by atoms with Crippen molar-refractivity contribution in [3.05, 3.63) is 38.6 Å². The third kappa shape index (κ3) is 5.05. The number of piperazine rings is 3. The number of carboxylic acids is 1. The van der Waals surface area contributed by atoms with Crippen molar-refractivity contribution < 1.29 is 43.1 Å². The zero-order chi connectivity index (χ0) is 28.1. The number of carbonyl (C=O) groups excluding carboxylic acids is 3. The second-order valence-electron chi connectivity index (χ2n) is 11.6. The van der Waals surface area contributed by atoms with Gasteiger partial charge in [-0.05, 0) is 45.9 Å². The number of amides is 1. The van der Waals surface area contributed by atoms with E-state index in [1.807, 2.05) is 19.1 Å². The van der Waals surface area contributed by atoms with E-state index in [-0.39, 0.29) is 24.2 Å². The van der Waals surface area contributed by atoms with E-state index in [0.717, 1.165) is 64.8 Å². The lowest BCUT2D eigenvalue weighted by Gasteiger charge is -2.55. The summed E-state index contributed by atoms with van der Waals surface area (Å²) in [5.41, 5.74) is 1.53. The third-order valence-electron chi connectivity index (χ3n) is 9.49. The fourth-order valence-corrected chi connectivity index (χ4v) is 7.71. The molecule has 39 heavy (non-hydrogen) atoms. The highest BCUT2D eigenvalue weighted by atomic mass is 127. The molecular formula is C27H35IN4O7. The molecular weight excluding hydrogens is 619 g/mol. The van der Waals surface area contributed by atoms with Gasteiger partial charge in [0.25, 0.3) is 0 Å². The number of hydrogen-bond acceptors (Lipinski definition) is 8. The molecule has 6 rings (SSSR count). The Hall–Kier alpha value is -2.26. The standard InChI is InChI=1S/C27H35IN4O7/c1-16-19(25(27(36)37)30-24(16)23(17(2)33)26(30)35)15-38-21-4-3-18(13-20(21)28)5-6-31-7-10-32(11-8-31,12-9-31)14-22(34)39-29/h3-4,13,16-17,23-24H,5-12,14-15,29H2,1-2H3/t16?,17?,23-,24-,31?,32?/m1/s1. The smallest absolute Gasteiger partial charge is 0.380 e. The van der Waals surface area contributed by atoms with E-state index in [9.17, 15) is 24.6 Å². The summed E-state index contributed by atoms with van der Waals surface area (Å²) in [5.74, 6) is 2.47. The quantitative estimate of drug-likeness (QED) is 0.139. The number of carbonyl (C=O) groups is 3. The molecule has 1 aromatic carbocycles. The van der Waals surface area contributed by atoms with Gasteiger partial charge < -0.3 is 38.4 Å². The number of β-lactam (4-membered cyclic amide) rings is 1. The molecule has 4 fully saturated rings. The molecule has 0 spiro atoms. The Morgan fingerprint density at radius 2 is 1.82 bits per heavy atom. The first-order valence-corrected chi connectivity index (χ1v) is 14.5. The monoisotopic (exact) mass is 654 g/mol. The van der Waals surface area contributed by atoms with Gasteiger partial charge in [0, 0.05) is 18.3 Å². The molecule has 1 amide bonds. The molecule has 0 aromatic heterocycles. The molecule has 11 nitrogen and oxygen atoms in total. The van der Waals surface area contributed by atoms with Gasteiger partial charge in [0.05, 0.1) is 27.8 Å². The van der Waals surface area contributed by atoms with Crippen molar-refractivity contribution in [3.63, 3.8) is 0 Å². The highest BCUT2D eigenvalue weighted by Crippen LogP contribution is 2.46. The maximum absolute atomic E-state index is 12.5. The van der Waals surface area contributed by atoms with Gasteiger partial charge in [0.2, 0.25) is 5.91 Å². The molecule has 0 radical (unpaired) electrons. The Bertz CT molecular complexity index is 1190. The topological polar surface area (TPSA) is 145 Å². The van der Waals surface area contributed by atoms with E-state index in [4.69, 9.17) is 10.6 Å². The van der Waals surface area contributed by atoms with Crippen LogP contribution in [0, 0.1) is 15.4 Å². The summed E-state index contributed by atoms with van der Waals surface area (Å²) in [6.45, 7) is 10.7. The van der Waals surface area contributed by atoms with Gasteiger partial charge in [-0.3, -0.25) is 4.79 Å². The zero-order valence-corrected chi connectivity index (χ0v) is 24.4. The van der Waals surface area contributed by atoms with Crippen LogP contribution in [0.5, 0.6) is 5.75 Å². The Labute approximate surface area is 241 Å². The van der Waals surface area contributed by atoms with Crippen molar-refractivity contribution in [1.29, 1.82) is 0 Å². The number of aliphatic carboxylic acids is 1. The van der Waals surface area contributed by atoms with Crippen LogP contribution in [0.15, 0.2) is 29.5 Å². The van der Waals surface area contributed by atoms with Gasteiger partial charge in [-0.25, -0.2) is 4.79 Å². The third-order valence-corrected chi connectivity index (χ3v) is 10.3. The predicted molar refractivity (Wildman–Crippen MR) is 143 cm³/mol. The Balaban J connectivity index is 1.20. The number of benzene rings is 1. The lowest BCUT2D eigenvalue weighted by Crippen LogP contribution is -2.76. The first-order valence-electron chi connectivity index (χ1n) is 13.4. The summed E-state index contributed by atoms with van der Waals surface area (Å²) in [6, 6.07) is 5.59. The number of nitrogens with zero attached hydrogens (tertiary/aromatic N) is 3. The van der Waals surface area contributed by atoms with Gasteiger partial charge in [-0.15, -0.1) is 6.10 Å². The average Bonchev–Trinajstić information content (AvgIpc) is 3.15. The maximum atomic E-state index is 12.5.